The summed E-state index contributed by atoms with van der Waals surface area (Å²) in [7, 11) is 0. The summed E-state index contributed by atoms with van der Waals surface area (Å²) in [5, 5.41) is 0. The van der Waals surface area contributed by atoms with Crippen LogP contribution in [0, 0.1) is 0 Å². The lowest BCUT2D eigenvalue weighted by Gasteiger charge is -2.23. The summed E-state index contributed by atoms with van der Waals surface area (Å²) in [5.41, 5.74) is 3.24. The fourth-order valence-electron chi connectivity index (χ4n) is 2.56. The van der Waals surface area contributed by atoms with Crippen LogP contribution in [0.15, 0.2) is 42.6 Å². The summed E-state index contributed by atoms with van der Waals surface area (Å²) in [6.45, 7) is 0.977. The van der Waals surface area contributed by atoms with E-state index in [4.69, 9.17) is 0 Å². The zero-order valence-corrected chi connectivity index (χ0v) is 10.7. The van der Waals surface area contributed by atoms with E-state index in [1.54, 1.807) is 6.20 Å². The molecule has 3 heteroatoms. The predicted octanol–water partition coefficient (Wildman–Crippen LogP) is 3.37. The van der Waals surface area contributed by atoms with Crippen molar-refractivity contribution in [3.8, 4) is 0 Å². The highest BCUT2D eigenvalue weighted by atomic mass is 16.1. The second-order valence-corrected chi connectivity index (χ2v) is 4.81. The van der Waals surface area contributed by atoms with Crippen molar-refractivity contribution in [1.82, 2.24) is 4.98 Å². The van der Waals surface area contributed by atoms with Crippen LogP contribution in [0.25, 0.3) is 0 Å². The molecular weight excluding hydrogens is 236 g/mol. The maximum atomic E-state index is 10.7. The minimum Gasteiger partial charge on any atom is -0.326 e. The summed E-state index contributed by atoms with van der Waals surface area (Å²) in [6.07, 6.45) is 5.95. The molecule has 0 bridgehead atoms. The predicted molar refractivity (Wildman–Crippen MR) is 76.0 cm³/mol. The molecule has 0 amide bonds. The van der Waals surface area contributed by atoms with Gasteiger partial charge in [0.25, 0.3) is 0 Å². The molecule has 1 aliphatic rings. The standard InChI is InChI=1S/C16H16N2O/c19-12-13-8-9-16(17-11-13)18-10-4-3-6-14-5-1-2-7-15(14)18/h1-2,5,7-9,11-12H,3-4,6,10H2. The highest BCUT2D eigenvalue weighted by Crippen LogP contribution is 2.31. The van der Waals surface area contributed by atoms with Gasteiger partial charge in [-0.3, -0.25) is 4.79 Å². The Balaban J connectivity index is 2.01. The van der Waals surface area contributed by atoms with Crippen molar-refractivity contribution in [3.05, 3.63) is 53.7 Å². The lowest BCUT2D eigenvalue weighted by atomic mass is 10.1. The van der Waals surface area contributed by atoms with E-state index >= 15 is 0 Å². The molecule has 0 spiro atoms. The zero-order valence-electron chi connectivity index (χ0n) is 10.7. The summed E-state index contributed by atoms with van der Waals surface area (Å²) >= 11 is 0. The molecule has 0 N–H and O–H groups in total. The van der Waals surface area contributed by atoms with Crippen molar-refractivity contribution in [1.29, 1.82) is 0 Å². The molecule has 0 fully saturated rings. The Morgan fingerprint density at radius 3 is 2.79 bits per heavy atom. The smallest absolute Gasteiger partial charge is 0.151 e. The number of anilines is 2. The molecule has 3 nitrogen and oxygen atoms in total. The number of carbonyl (C=O) groups is 1. The molecule has 0 saturated carbocycles. The number of pyridine rings is 1. The van der Waals surface area contributed by atoms with Crippen molar-refractivity contribution in [2.24, 2.45) is 0 Å². The average Bonchev–Trinajstić information content (AvgIpc) is 2.70. The van der Waals surface area contributed by atoms with Crippen LogP contribution in [0.2, 0.25) is 0 Å². The van der Waals surface area contributed by atoms with Gasteiger partial charge in [-0.15, -0.1) is 0 Å². The van der Waals surface area contributed by atoms with Gasteiger partial charge >= 0.3 is 0 Å². The minimum absolute atomic E-state index is 0.617. The zero-order chi connectivity index (χ0) is 13.1. The number of hydrogen-bond donors (Lipinski definition) is 0. The van der Waals surface area contributed by atoms with Gasteiger partial charge in [-0.05, 0) is 43.0 Å². The van der Waals surface area contributed by atoms with E-state index in [2.05, 4.69) is 34.1 Å². The largest absolute Gasteiger partial charge is 0.326 e. The average molecular weight is 252 g/mol. The molecule has 19 heavy (non-hydrogen) atoms. The van der Waals surface area contributed by atoms with Crippen molar-refractivity contribution in [2.75, 3.05) is 11.4 Å². The lowest BCUT2D eigenvalue weighted by molar-refractivity contribution is 0.112. The number of aryl methyl sites for hydroxylation is 1. The van der Waals surface area contributed by atoms with Crippen molar-refractivity contribution in [3.63, 3.8) is 0 Å². The number of aromatic nitrogens is 1. The molecule has 1 aromatic heterocycles. The normalized spacial score (nSPS) is 14.6. The Kier molecular flexibility index (Phi) is 3.27. The molecule has 2 heterocycles. The monoisotopic (exact) mass is 252 g/mol. The molecule has 0 saturated heterocycles. The molecule has 96 valence electrons. The van der Waals surface area contributed by atoms with Gasteiger partial charge in [0.05, 0.1) is 0 Å². The van der Waals surface area contributed by atoms with E-state index in [0.717, 1.165) is 31.5 Å². The first kappa shape index (κ1) is 11.9. The SMILES string of the molecule is O=Cc1ccc(N2CCCCc3ccccc32)nc1. The first-order chi connectivity index (χ1) is 9.38. The molecule has 1 aromatic carbocycles. The number of nitrogens with zero attached hydrogens (tertiary/aromatic N) is 2. The Hall–Kier alpha value is -2.16. The van der Waals surface area contributed by atoms with E-state index in [9.17, 15) is 4.79 Å². The van der Waals surface area contributed by atoms with E-state index < -0.39 is 0 Å². The van der Waals surface area contributed by atoms with Gasteiger partial charge in [-0.25, -0.2) is 4.98 Å². The second kappa shape index (κ2) is 5.22. The van der Waals surface area contributed by atoms with E-state index in [1.165, 1.54) is 17.7 Å². The van der Waals surface area contributed by atoms with Crippen LogP contribution in [-0.4, -0.2) is 17.8 Å². The topological polar surface area (TPSA) is 33.2 Å². The molecule has 2 aromatic rings. The molecule has 0 aliphatic carbocycles. The maximum absolute atomic E-state index is 10.7. The second-order valence-electron chi connectivity index (χ2n) is 4.81. The van der Waals surface area contributed by atoms with Crippen LogP contribution >= 0.6 is 0 Å². The van der Waals surface area contributed by atoms with Crippen LogP contribution in [0.3, 0.4) is 0 Å². The fraction of sp³-hybridized carbons (Fsp3) is 0.250. The van der Waals surface area contributed by atoms with E-state index in [-0.39, 0.29) is 0 Å². The first-order valence-corrected chi connectivity index (χ1v) is 6.65. The number of rotatable bonds is 2. The molecule has 1 aliphatic heterocycles. The summed E-state index contributed by atoms with van der Waals surface area (Å²) in [6, 6.07) is 12.2. The van der Waals surface area contributed by atoms with Gasteiger partial charge < -0.3 is 4.90 Å². The van der Waals surface area contributed by atoms with E-state index in [1.807, 2.05) is 12.1 Å². The Labute approximate surface area is 112 Å². The maximum Gasteiger partial charge on any atom is 0.151 e. The Morgan fingerprint density at radius 2 is 2.00 bits per heavy atom. The van der Waals surface area contributed by atoms with E-state index in [0.29, 0.717) is 5.56 Å². The molecule has 0 atom stereocenters. The molecule has 3 rings (SSSR count). The summed E-state index contributed by atoms with van der Waals surface area (Å²) < 4.78 is 0. The minimum atomic E-state index is 0.617. The highest BCUT2D eigenvalue weighted by Gasteiger charge is 2.16. The summed E-state index contributed by atoms with van der Waals surface area (Å²) in [4.78, 5) is 17.3. The van der Waals surface area contributed by atoms with Gasteiger partial charge in [-0.1, -0.05) is 18.2 Å². The number of carbonyl (C=O) groups excluding carboxylic acids is 1. The quantitative estimate of drug-likeness (QED) is 0.768. The van der Waals surface area contributed by atoms with Gasteiger partial charge in [0, 0.05) is 24.0 Å². The third-order valence-electron chi connectivity index (χ3n) is 3.54. The Morgan fingerprint density at radius 1 is 1.11 bits per heavy atom. The van der Waals surface area contributed by atoms with Crippen LogP contribution < -0.4 is 4.90 Å². The third kappa shape index (κ3) is 2.36. The van der Waals surface area contributed by atoms with Gasteiger partial charge in [0.2, 0.25) is 0 Å². The Bertz CT molecular complexity index is 578. The number of benzene rings is 1. The number of hydrogen-bond acceptors (Lipinski definition) is 3. The summed E-state index contributed by atoms with van der Waals surface area (Å²) in [5.74, 6) is 0.917. The number of aldehydes is 1. The van der Waals surface area contributed by atoms with Crippen LogP contribution in [0.5, 0.6) is 0 Å². The van der Waals surface area contributed by atoms with Crippen molar-refractivity contribution in [2.45, 2.75) is 19.3 Å². The third-order valence-corrected chi connectivity index (χ3v) is 3.54. The number of fused-ring (bicyclic) bond motifs is 1. The molecular formula is C16H16N2O. The van der Waals surface area contributed by atoms with Crippen LogP contribution in [-0.2, 0) is 6.42 Å². The van der Waals surface area contributed by atoms with Gasteiger partial charge in [0.15, 0.2) is 6.29 Å². The number of para-hydroxylation sites is 1. The van der Waals surface area contributed by atoms with Gasteiger partial charge in [0.1, 0.15) is 5.82 Å². The fourth-order valence-corrected chi connectivity index (χ4v) is 2.56. The van der Waals surface area contributed by atoms with Crippen molar-refractivity contribution >= 4 is 17.8 Å². The molecule has 0 unspecified atom stereocenters. The lowest BCUT2D eigenvalue weighted by Crippen LogP contribution is -2.19. The molecule has 0 radical (unpaired) electrons. The van der Waals surface area contributed by atoms with Crippen LogP contribution in [0.4, 0.5) is 11.5 Å². The van der Waals surface area contributed by atoms with Gasteiger partial charge in [-0.2, -0.15) is 0 Å². The first-order valence-electron chi connectivity index (χ1n) is 6.65. The highest BCUT2D eigenvalue weighted by molar-refractivity contribution is 5.75. The van der Waals surface area contributed by atoms with Crippen molar-refractivity contribution < 1.29 is 4.79 Å². The van der Waals surface area contributed by atoms with Crippen LogP contribution in [0.1, 0.15) is 28.8 Å².